The van der Waals surface area contributed by atoms with Gasteiger partial charge in [0, 0.05) is 32.7 Å². The number of nitrogens with zero attached hydrogens (tertiary/aromatic N) is 4. The van der Waals surface area contributed by atoms with E-state index in [2.05, 4.69) is 31.0 Å². The van der Waals surface area contributed by atoms with Gasteiger partial charge < -0.3 is 16.0 Å². The van der Waals surface area contributed by atoms with Crippen molar-refractivity contribution in [1.82, 2.24) is 25.4 Å². The lowest BCUT2D eigenvalue weighted by Crippen LogP contribution is -2.36. The molecule has 1 aromatic heterocycles. The highest BCUT2D eigenvalue weighted by Crippen LogP contribution is 2.11. The lowest BCUT2D eigenvalue weighted by atomic mass is 10.2. The molecule has 134 valence electrons. The Labute approximate surface area is 147 Å². The van der Waals surface area contributed by atoms with E-state index in [1.165, 1.54) is 6.33 Å². The Balaban J connectivity index is 1.86. The Hall–Kier alpha value is -2.90. The molecule has 0 atom stereocenters. The summed E-state index contributed by atoms with van der Waals surface area (Å²) in [5.41, 5.74) is 1.86. The van der Waals surface area contributed by atoms with Crippen LogP contribution in [0.25, 0.3) is 0 Å². The van der Waals surface area contributed by atoms with Crippen LogP contribution in [0.5, 0.6) is 0 Å². The Morgan fingerprint density at radius 1 is 1.28 bits per heavy atom. The number of aromatic nitrogens is 3. The maximum absolute atomic E-state index is 11.7. The number of hydrogen-bond acceptors (Lipinski definition) is 4. The van der Waals surface area contributed by atoms with Gasteiger partial charge in [-0.25, -0.2) is 4.98 Å². The molecule has 1 aromatic carbocycles. The Bertz CT molecular complexity index is 723. The van der Waals surface area contributed by atoms with Crippen LogP contribution in [0.1, 0.15) is 31.2 Å². The summed E-state index contributed by atoms with van der Waals surface area (Å²) in [4.78, 5) is 20.0. The molecule has 1 amide bonds. The Morgan fingerprint density at radius 3 is 2.76 bits per heavy atom. The molecule has 2 rings (SSSR count). The third kappa shape index (κ3) is 5.91. The molecule has 0 bridgehead atoms. The highest BCUT2D eigenvalue weighted by atomic mass is 16.1. The standard InChI is InChI=1S/C17H25N7O/c1-4-6-16(25)23-14-8-5-7-13(9-14)10-19-17(18-2)20-11-15-21-12-22-24(15)3/h5,7-9,12H,4,6,10-11H2,1-3H3,(H,23,25)(H2,18,19,20). The van der Waals surface area contributed by atoms with Gasteiger partial charge in [0.05, 0.1) is 6.54 Å². The van der Waals surface area contributed by atoms with Crippen LogP contribution < -0.4 is 16.0 Å². The summed E-state index contributed by atoms with van der Waals surface area (Å²) in [6.07, 6.45) is 2.88. The SMILES string of the molecule is CCCC(=O)Nc1cccc(CNC(=NC)NCc2ncnn2C)c1. The van der Waals surface area contributed by atoms with Gasteiger partial charge in [-0.3, -0.25) is 14.5 Å². The van der Waals surface area contributed by atoms with E-state index in [-0.39, 0.29) is 5.91 Å². The second-order valence-electron chi connectivity index (χ2n) is 5.58. The summed E-state index contributed by atoms with van der Waals surface area (Å²) in [6.45, 7) is 3.11. The van der Waals surface area contributed by atoms with E-state index in [0.717, 1.165) is 23.5 Å². The van der Waals surface area contributed by atoms with Crippen molar-refractivity contribution >= 4 is 17.6 Å². The fourth-order valence-electron chi connectivity index (χ4n) is 2.26. The van der Waals surface area contributed by atoms with Crippen molar-refractivity contribution in [3.05, 3.63) is 42.0 Å². The number of aryl methyl sites for hydroxylation is 1. The van der Waals surface area contributed by atoms with Crippen LogP contribution in [-0.2, 0) is 24.9 Å². The summed E-state index contributed by atoms with van der Waals surface area (Å²) in [5.74, 6) is 1.53. The number of guanidine groups is 1. The van der Waals surface area contributed by atoms with Crippen molar-refractivity contribution in [1.29, 1.82) is 0 Å². The van der Waals surface area contributed by atoms with Gasteiger partial charge in [-0.05, 0) is 24.1 Å². The number of carbonyl (C=O) groups excluding carboxylic acids is 1. The third-order valence-electron chi connectivity index (χ3n) is 3.59. The molecule has 8 heteroatoms. The Morgan fingerprint density at radius 2 is 2.08 bits per heavy atom. The fraction of sp³-hybridized carbons (Fsp3) is 0.412. The lowest BCUT2D eigenvalue weighted by molar-refractivity contribution is -0.116. The number of anilines is 1. The minimum absolute atomic E-state index is 0.0359. The van der Waals surface area contributed by atoms with Crippen LogP contribution in [-0.4, -0.2) is 33.7 Å². The quantitative estimate of drug-likeness (QED) is 0.522. The van der Waals surface area contributed by atoms with Crippen LogP contribution in [0, 0.1) is 0 Å². The molecule has 3 N–H and O–H groups in total. The summed E-state index contributed by atoms with van der Waals surface area (Å²) in [6, 6.07) is 7.77. The average molecular weight is 343 g/mol. The van der Waals surface area contributed by atoms with E-state index >= 15 is 0 Å². The van der Waals surface area contributed by atoms with Crippen molar-refractivity contribution in [2.24, 2.45) is 12.0 Å². The first kappa shape index (κ1) is 18.4. The predicted octanol–water partition coefficient (Wildman–Crippen LogP) is 1.42. The molecule has 2 aromatic rings. The number of nitrogens with one attached hydrogen (secondary N) is 3. The van der Waals surface area contributed by atoms with Crippen molar-refractivity contribution < 1.29 is 4.79 Å². The van der Waals surface area contributed by atoms with Gasteiger partial charge in [-0.1, -0.05) is 19.1 Å². The van der Waals surface area contributed by atoms with Gasteiger partial charge in [0.1, 0.15) is 12.2 Å². The van der Waals surface area contributed by atoms with E-state index in [4.69, 9.17) is 0 Å². The van der Waals surface area contributed by atoms with Crippen LogP contribution in [0.4, 0.5) is 5.69 Å². The highest BCUT2D eigenvalue weighted by molar-refractivity contribution is 5.90. The van der Waals surface area contributed by atoms with Crippen molar-refractivity contribution in [2.75, 3.05) is 12.4 Å². The molecule has 0 saturated carbocycles. The first-order chi connectivity index (χ1) is 12.1. The number of benzene rings is 1. The summed E-state index contributed by atoms with van der Waals surface area (Å²) in [7, 11) is 3.56. The van der Waals surface area contributed by atoms with Gasteiger partial charge in [-0.15, -0.1) is 0 Å². The summed E-state index contributed by atoms with van der Waals surface area (Å²) < 4.78 is 1.71. The van der Waals surface area contributed by atoms with E-state index in [1.807, 2.05) is 38.2 Å². The number of carbonyl (C=O) groups is 1. The second kappa shape index (κ2) is 9.41. The predicted molar refractivity (Wildman–Crippen MR) is 98.0 cm³/mol. The zero-order chi connectivity index (χ0) is 18.1. The number of rotatable bonds is 7. The molecule has 0 radical (unpaired) electrons. The van der Waals surface area contributed by atoms with Crippen molar-refractivity contribution in [2.45, 2.75) is 32.9 Å². The molecule has 0 spiro atoms. The van der Waals surface area contributed by atoms with Gasteiger partial charge in [0.25, 0.3) is 0 Å². The molecule has 0 unspecified atom stereocenters. The van der Waals surface area contributed by atoms with E-state index in [9.17, 15) is 4.79 Å². The monoisotopic (exact) mass is 343 g/mol. The van der Waals surface area contributed by atoms with E-state index in [1.54, 1.807) is 11.7 Å². The van der Waals surface area contributed by atoms with Crippen LogP contribution >= 0.6 is 0 Å². The first-order valence-corrected chi connectivity index (χ1v) is 8.28. The second-order valence-corrected chi connectivity index (χ2v) is 5.58. The van der Waals surface area contributed by atoms with Gasteiger partial charge in [0.2, 0.25) is 5.91 Å². The zero-order valence-corrected chi connectivity index (χ0v) is 14.9. The molecular formula is C17H25N7O. The molecule has 25 heavy (non-hydrogen) atoms. The van der Waals surface area contributed by atoms with Gasteiger partial charge in [-0.2, -0.15) is 5.10 Å². The molecule has 0 saturated heterocycles. The summed E-state index contributed by atoms with van der Waals surface area (Å²) in [5, 5.41) is 13.4. The van der Waals surface area contributed by atoms with Gasteiger partial charge in [0.15, 0.2) is 5.96 Å². The van der Waals surface area contributed by atoms with Crippen LogP contribution in [0.2, 0.25) is 0 Å². The molecular weight excluding hydrogens is 318 g/mol. The molecule has 0 fully saturated rings. The fourth-order valence-corrected chi connectivity index (χ4v) is 2.26. The van der Waals surface area contributed by atoms with Crippen LogP contribution in [0.15, 0.2) is 35.6 Å². The average Bonchev–Trinajstić information content (AvgIpc) is 3.00. The van der Waals surface area contributed by atoms with E-state index in [0.29, 0.717) is 25.5 Å². The zero-order valence-electron chi connectivity index (χ0n) is 14.9. The largest absolute Gasteiger partial charge is 0.352 e. The third-order valence-corrected chi connectivity index (χ3v) is 3.59. The highest BCUT2D eigenvalue weighted by Gasteiger charge is 2.04. The van der Waals surface area contributed by atoms with E-state index < -0.39 is 0 Å². The molecule has 0 aliphatic heterocycles. The number of aliphatic imine (C=N–C) groups is 1. The molecule has 1 heterocycles. The lowest BCUT2D eigenvalue weighted by Gasteiger charge is -2.12. The van der Waals surface area contributed by atoms with Crippen molar-refractivity contribution in [3.63, 3.8) is 0 Å². The summed E-state index contributed by atoms with van der Waals surface area (Å²) >= 11 is 0. The normalized spacial score (nSPS) is 11.2. The maximum Gasteiger partial charge on any atom is 0.224 e. The maximum atomic E-state index is 11.7. The minimum Gasteiger partial charge on any atom is -0.352 e. The molecule has 0 aliphatic rings. The topological polar surface area (TPSA) is 96.2 Å². The smallest absolute Gasteiger partial charge is 0.224 e. The minimum atomic E-state index is 0.0359. The molecule has 0 aliphatic carbocycles. The first-order valence-electron chi connectivity index (χ1n) is 8.28. The number of hydrogen-bond donors (Lipinski definition) is 3. The van der Waals surface area contributed by atoms with Crippen LogP contribution in [0.3, 0.4) is 0 Å². The van der Waals surface area contributed by atoms with Crippen molar-refractivity contribution in [3.8, 4) is 0 Å². The number of amides is 1. The Kier molecular flexibility index (Phi) is 6.94. The molecule has 8 nitrogen and oxygen atoms in total. The van der Waals surface area contributed by atoms with Gasteiger partial charge >= 0.3 is 0 Å².